The van der Waals surface area contributed by atoms with Crippen LogP contribution in [0.3, 0.4) is 0 Å². The van der Waals surface area contributed by atoms with Gasteiger partial charge in [0, 0.05) is 13.1 Å². The number of halogens is 2. The summed E-state index contributed by atoms with van der Waals surface area (Å²) in [6.45, 7) is 4.31. The molecular formula is C18H21BrClNO4. The van der Waals surface area contributed by atoms with Crippen molar-refractivity contribution in [3.8, 4) is 23.0 Å². The maximum atomic E-state index is 5.65. The molecule has 5 nitrogen and oxygen atoms in total. The SMILES string of the molecule is CCOc1cc(CNCc2ccc3c(c2)OCO3)cc(Br)c1OC.Cl. The van der Waals surface area contributed by atoms with Gasteiger partial charge in [0.2, 0.25) is 6.79 Å². The highest BCUT2D eigenvalue weighted by atomic mass is 79.9. The summed E-state index contributed by atoms with van der Waals surface area (Å²) >= 11 is 3.54. The van der Waals surface area contributed by atoms with Crippen LogP contribution in [0.2, 0.25) is 0 Å². The van der Waals surface area contributed by atoms with Crippen LogP contribution in [-0.2, 0) is 13.1 Å². The summed E-state index contributed by atoms with van der Waals surface area (Å²) in [5.41, 5.74) is 2.27. The molecule has 0 aliphatic carbocycles. The summed E-state index contributed by atoms with van der Waals surface area (Å²) in [5.74, 6) is 3.07. The fraction of sp³-hybridized carbons (Fsp3) is 0.333. The predicted octanol–water partition coefficient (Wildman–Crippen LogP) is 4.30. The van der Waals surface area contributed by atoms with Crippen LogP contribution in [0.4, 0.5) is 0 Å². The van der Waals surface area contributed by atoms with Crippen molar-refractivity contribution in [2.24, 2.45) is 0 Å². The van der Waals surface area contributed by atoms with Crippen molar-refractivity contribution >= 4 is 28.3 Å². The van der Waals surface area contributed by atoms with Crippen molar-refractivity contribution in [2.45, 2.75) is 20.0 Å². The van der Waals surface area contributed by atoms with E-state index in [0.717, 1.165) is 51.7 Å². The van der Waals surface area contributed by atoms with Gasteiger partial charge in [-0.1, -0.05) is 6.07 Å². The van der Waals surface area contributed by atoms with Crippen LogP contribution in [0.25, 0.3) is 0 Å². The molecule has 1 N–H and O–H groups in total. The van der Waals surface area contributed by atoms with E-state index in [1.165, 1.54) is 0 Å². The van der Waals surface area contributed by atoms with Crippen molar-refractivity contribution < 1.29 is 18.9 Å². The van der Waals surface area contributed by atoms with Gasteiger partial charge in [-0.25, -0.2) is 0 Å². The highest BCUT2D eigenvalue weighted by molar-refractivity contribution is 9.10. The first-order valence-electron chi connectivity index (χ1n) is 7.79. The van der Waals surface area contributed by atoms with Crippen LogP contribution in [0, 0.1) is 0 Å². The van der Waals surface area contributed by atoms with Crippen LogP contribution < -0.4 is 24.3 Å². The van der Waals surface area contributed by atoms with E-state index < -0.39 is 0 Å². The van der Waals surface area contributed by atoms with Crippen LogP contribution in [0.5, 0.6) is 23.0 Å². The third-order valence-corrected chi connectivity index (χ3v) is 4.26. The van der Waals surface area contributed by atoms with E-state index in [4.69, 9.17) is 18.9 Å². The second-order valence-corrected chi connectivity index (χ2v) is 6.19. The van der Waals surface area contributed by atoms with Gasteiger partial charge in [-0.3, -0.25) is 0 Å². The zero-order valence-corrected chi connectivity index (χ0v) is 16.5. The molecule has 1 heterocycles. The first-order valence-corrected chi connectivity index (χ1v) is 8.59. The fourth-order valence-electron chi connectivity index (χ4n) is 2.59. The minimum absolute atomic E-state index is 0. The zero-order valence-electron chi connectivity index (χ0n) is 14.1. The van der Waals surface area contributed by atoms with Crippen LogP contribution in [0.1, 0.15) is 18.1 Å². The summed E-state index contributed by atoms with van der Waals surface area (Å²) in [5, 5.41) is 3.43. The lowest BCUT2D eigenvalue weighted by Crippen LogP contribution is -2.13. The number of ether oxygens (including phenoxy) is 4. The van der Waals surface area contributed by atoms with Gasteiger partial charge in [-0.2, -0.15) is 0 Å². The lowest BCUT2D eigenvalue weighted by molar-refractivity contribution is 0.174. The molecule has 7 heteroatoms. The Morgan fingerprint density at radius 3 is 2.60 bits per heavy atom. The second kappa shape index (κ2) is 9.17. The van der Waals surface area contributed by atoms with Gasteiger partial charge in [0.1, 0.15) is 0 Å². The highest BCUT2D eigenvalue weighted by Crippen LogP contribution is 2.36. The molecule has 1 aliphatic rings. The summed E-state index contributed by atoms with van der Waals surface area (Å²) in [4.78, 5) is 0. The third kappa shape index (κ3) is 4.71. The monoisotopic (exact) mass is 429 g/mol. The molecule has 0 unspecified atom stereocenters. The van der Waals surface area contributed by atoms with E-state index in [-0.39, 0.29) is 12.4 Å². The summed E-state index contributed by atoms with van der Waals surface area (Å²) in [7, 11) is 1.64. The van der Waals surface area contributed by atoms with Gasteiger partial charge in [-0.05, 0) is 58.2 Å². The smallest absolute Gasteiger partial charge is 0.231 e. The average Bonchev–Trinajstić information content (AvgIpc) is 3.03. The van der Waals surface area contributed by atoms with Gasteiger partial charge in [-0.15, -0.1) is 12.4 Å². The number of fused-ring (bicyclic) bond motifs is 1. The third-order valence-electron chi connectivity index (χ3n) is 3.67. The van der Waals surface area contributed by atoms with Crippen LogP contribution >= 0.6 is 28.3 Å². The van der Waals surface area contributed by atoms with Crippen molar-refractivity contribution in [1.29, 1.82) is 0 Å². The van der Waals surface area contributed by atoms with Crippen molar-refractivity contribution in [2.75, 3.05) is 20.5 Å². The van der Waals surface area contributed by atoms with Gasteiger partial charge >= 0.3 is 0 Å². The van der Waals surface area contributed by atoms with Crippen LogP contribution in [0.15, 0.2) is 34.8 Å². The maximum Gasteiger partial charge on any atom is 0.231 e. The number of benzene rings is 2. The first kappa shape index (κ1) is 19.7. The molecule has 2 aromatic rings. The second-order valence-electron chi connectivity index (χ2n) is 5.33. The average molecular weight is 431 g/mol. The van der Waals surface area contributed by atoms with E-state index in [2.05, 4.69) is 21.2 Å². The molecule has 0 saturated heterocycles. The number of hydrogen-bond donors (Lipinski definition) is 1. The molecule has 0 aromatic heterocycles. The molecule has 136 valence electrons. The van der Waals surface area contributed by atoms with E-state index in [1.54, 1.807) is 7.11 Å². The maximum absolute atomic E-state index is 5.65. The minimum atomic E-state index is 0. The molecular weight excluding hydrogens is 410 g/mol. The Kier molecular flexibility index (Phi) is 7.23. The summed E-state index contributed by atoms with van der Waals surface area (Å²) in [6.07, 6.45) is 0. The standard InChI is InChI=1S/C18H20BrNO4.ClH/c1-3-22-17-8-13(6-14(19)18(17)21-2)10-20-9-12-4-5-15-16(7-12)24-11-23-15;/h4-8,20H,3,9-11H2,1-2H3;1H. The Morgan fingerprint density at radius 1 is 1.08 bits per heavy atom. The van der Waals surface area contributed by atoms with Gasteiger partial charge in [0.05, 0.1) is 18.2 Å². The topological polar surface area (TPSA) is 49.0 Å². The van der Waals surface area contributed by atoms with E-state index in [0.29, 0.717) is 13.4 Å². The fourth-order valence-corrected chi connectivity index (χ4v) is 3.24. The molecule has 0 bridgehead atoms. The molecule has 3 rings (SSSR count). The molecule has 2 aromatic carbocycles. The number of hydrogen-bond acceptors (Lipinski definition) is 5. The molecule has 0 amide bonds. The summed E-state index contributed by atoms with van der Waals surface area (Å²) in [6, 6.07) is 10.0. The molecule has 0 radical (unpaired) electrons. The molecule has 0 spiro atoms. The lowest BCUT2D eigenvalue weighted by Gasteiger charge is -2.14. The Hall–Kier alpha value is -1.63. The van der Waals surface area contributed by atoms with Crippen molar-refractivity contribution in [1.82, 2.24) is 5.32 Å². The van der Waals surface area contributed by atoms with Crippen LogP contribution in [-0.4, -0.2) is 20.5 Å². The zero-order chi connectivity index (χ0) is 16.9. The molecule has 0 atom stereocenters. The van der Waals surface area contributed by atoms with E-state index in [1.807, 2.05) is 37.3 Å². The Bertz CT molecular complexity index is 726. The number of nitrogens with one attached hydrogen (secondary N) is 1. The van der Waals surface area contributed by atoms with Crippen molar-refractivity contribution in [3.63, 3.8) is 0 Å². The summed E-state index contributed by atoms with van der Waals surface area (Å²) < 4.78 is 22.6. The largest absolute Gasteiger partial charge is 0.492 e. The Morgan fingerprint density at radius 2 is 1.84 bits per heavy atom. The van der Waals surface area contributed by atoms with Gasteiger partial charge in [0.25, 0.3) is 0 Å². The quantitative estimate of drug-likeness (QED) is 0.710. The Labute approximate surface area is 162 Å². The first-order chi connectivity index (χ1) is 11.7. The minimum Gasteiger partial charge on any atom is -0.492 e. The van der Waals surface area contributed by atoms with Crippen molar-refractivity contribution in [3.05, 3.63) is 45.9 Å². The van der Waals surface area contributed by atoms with E-state index in [9.17, 15) is 0 Å². The van der Waals surface area contributed by atoms with Gasteiger partial charge < -0.3 is 24.3 Å². The molecule has 25 heavy (non-hydrogen) atoms. The number of methoxy groups -OCH3 is 1. The van der Waals surface area contributed by atoms with Gasteiger partial charge in [0.15, 0.2) is 23.0 Å². The Balaban J connectivity index is 0.00000225. The molecule has 0 saturated carbocycles. The number of rotatable bonds is 7. The van der Waals surface area contributed by atoms with E-state index >= 15 is 0 Å². The normalized spacial score (nSPS) is 11.8. The molecule has 0 fully saturated rings. The predicted molar refractivity (Wildman–Crippen MR) is 102 cm³/mol. The lowest BCUT2D eigenvalue weighted by atomic mass is 10.1. The highest BCUT2D eigenvalue weighted by Gasteiger charge is 2.13. The molecule has 1 aliphatic heterocycles.